The van der Waals surface area contributed by atoms with Crippen LogP contribution in [0.1, 0.15) is 34.8 Å². The second-order valence-electron chi connectivity index (χ2n) is 6.17. The zero-order chi connectivity index (χ0) is 17.1. The van der Waals surface area contributed by atoms with Crippen molar-refractivity contribution < 1.29 is 9.59 Å². The van der Waals surface area contributed by atoms with E-state index in [1.165, 1.54) is 0 Å². The van der Waals surface area contributed by atoms with Gasteiger partial charge in [0.1, 0.15) is 0 Å². The number of amides is 3. The standard InChI is InChI=1S/C18H22N4O2/c1-13-4-5-14(17(19)23)12-16(13)20-18(24)22-10-6-15(7-11-22)21-8-2-3-9-21/h2-5,8-9,12,15H,6-7,10-11H2,1H3,(H2,19,23)(H,20,24). The number of nitrogens with zero attached hydrogens (tertiary/aromatic N) is 2. The van der Waals surface area contributed by atoms with Crippen molar-refractivity contribution in [3.63, 3.8) is 0 Å². The number of primary amides is 1. The van der Waals surface area contributed by atoms with E-state index < -0.39 is 5.91 Å². The van der Waals surface area contributed by atoms with Gasteiger partial charge in [0.25, 0.3) is 0 Å². The Balaban J connectivity index is 1.62. The SMILES string of the molecule is Cc1ccc(C(N)=O)cc1NC(=O)N1CCC(n2cccc2)CC1. The molecule has 0 spiro atoms. The van der Waals surface area contributed by atoms with E-state index in [1.54, 1.807) is 18.2 Å². The van der Waals surface area contributed by atoms with Crippen LogP contribution in [-0.4, -0.2) is 34.5 Å². The normalized spacial score (nSPS) is 15.3. The van der Waals surface area contributed by atoms with Crippen molar-refractivity contribution in [3.05, 3.63) is 53.9 Å². The van der Waals surface area contributed by atoms with E-state index >= 15 is 0 Å². The van der Waals surface area contributed by atoms with Gasteiger partial charge in [0.2, 0.25) is 5.91 Å². The third-order valence-electron chi connectivity index (χ3n) is 4.56. The van der Waals surface area contributed by atoms with Crippen LogP contribution in [0.5, 0.6) is 0 Å². The van der Waals surface area contributed by atoms with E-state index in [-0.39, 0.29) is 6.03 Å². The molecule has 0 saturated carbocycles. The molecule has 1 aromatic carbocycles. The zero-order valence-corrected chi connectivity index (χ0v) is 13.7. The number of nitrogens with one attached hydrogen (secondary N) is 1. The summed E-state index contributed by atoms with van der Waals surface area (Å²) in [6.45, 7) is 3.31. The minimum atomic E-state index is -0.502. The summed E-state index contributed by atoms with van der Waals surface area (Å²) in [4.78, 5) is 25.6. The predicted octanol–water partition coefficient (Wildman–Crippen LogP) is 2.76. The third kappa shape index (κ3) is 3.42. The van der Waals surface area contributed by atoms with Crippen molar-refractivity contribution in [1.29, 1.82) is 0 Å². The van der Waals surface area contributed by atoms with Gasteiger partial charge in [-0.15, -0.1) is 0 Å². The molecule has 0 aliphatic carbocycles. The number of hydrogen-bond acceptors (Lipinski definition) is 2. The van der Waals surface area contributed by atoms with Crippen molar-refractivity contribution in [2.45, 2.75) is 25.8 Å². The average molecular weight is 326 g/mol. The first-order valence-corrected chi connectivity index (χ1v) is 8.13. The molecule has 0 atom stereocenters. The quantitative estimate of drug-likeness (QED) is 0.909. The number of anilines is 1. The number of nitrogens with two attached hydrogens (primary N) is 1. The number of aryl methyl sites for hydroxylation is 1. The molecule has 0 unspecified atom stereocenters. The van der Waals surface area contributed by atoms with Gasteiger partial charge in [-0.25, -0.2) is 4.79 Å². The fourth-order valence-corrected chi connectivity index (χ4v) is 3.06. The Morgan fingerprint density at radius 2 is 1.83 bits per heavy atom. The number of urea groups is 1. The van der Waals surface area contributed by atoms with Crippen LogP contribution >= 0.6 is 0 Å². The Bertz CT molecular complexity index is 731. The van der Waals surface area contributed by atoms with Gasteiger partial charge < -0.3 is 20.5 Å². The molecule has 3 rings (SSSR count). The van der Waals surface area contributed by atoms with E-state index in [9.17, 15) is 9.59 Å². The average Bonchev–Trinajstić information content (AvgIpc) is 3.11. The Hall–Kier alpha value is -2.76. The molecule has 2 heterocycles. The van der Waals surface area contributed by atoms with Gasteiger partial charge in [0.05, 0.1) is 0 Å². The molecular formula is C18H22N4O2. The number of carbonyl (C=O) groups is 2. The summed E-state index contributed by atoms with van der Waals surface area (Å²) in [7, 11) is 0. The fourth-order valence-electron chi connectivity index (χ4n) is 3.06. The molecule has 126 valence electrons. The van der Waals surface area contributed by atoms with Crippen LogP contribution in [0.15, 0.2) is 42.7 Å². The lowest BCUT2D eigenvalue weighted by Gasteiger charge is -2.33. The highest BCUT2D eigenvalue weighted by atomic mass is 16.2. The van der Waals surface area contributed by atoms with Gasteiger partial charge in [0.15, 0.2) is 0 Å². The minimum Gasteiger partial charge on any atom is -0.366 e. The lowest BCUT2D eigenvalue weighted by molar-refractivity contribution is 0.1000. The van der Waals surface area contributed by atoms with Crippen molar-refractivity contribution in [3.8, 4) is 0 Å². The molecular weight excluding hydrogens is 304 g/mol. The summed E-state index contributed by atoms with van der Waals surface area (Å²) in [5.41, 5.74) is 7.22. The molecule has 0 radical (unpaired) electrons. The number of rotatable bonds is 3. The molecule has 1 aliphatic heterocycles. The summed E-state index contributed by atoms with van der Waals surface area (Å²) in [5.74, 6) is -0.502. The molecule has 24 heavy (non-hydrogen) atoms. The van der Waals surface area contributed by atoms with Crippen LogP contribution in [-0.2, 0) is 0 Å². The first-order chi connectivity index (χ1) is 11.5. The molecule has 6 heteroatoms. The second kappa shape index (κ2) is 6.78. The molecule has 1 aliphatic rings. The number of carbonyl (C=O) groups excluding carboxylic acids is 2. The van der Waals surface area contributed by atoms with Gasteiger partial charge >= 0.3 is 6.03 Å². The number of benzene rings is 1. The first kappa shape index (κ1) is 16.1. The van der Waals surface area contributed by atoms with Gasteiger partial charge in [-0.05, 0) is 49.6 Å². The maximum absolute atomic E-state index is 12.5. The van der Waals surface area contributed by atoms with E-state index in [2.05, 4.69) is 22.3 Å². The summed E-state index contributed by atoms with van der Waals surface area (Å²) in [5, 5.41) is 2.90. The Kier molecular flexibility index (Phi) is 4.55. The van der Waals surface area contributed by atoms with Crippen LogP contribution in [0.4, 0.5) is 10.5 Å². The summed E-state index contributed by atoms with van der Waals surface area (Å²) < 4.78 is 2.20. The van der Waals surface area contributed by atoms with Crippen LogP contribution in [0.2, 0.25) is 0 Å². The van der Waals surface area contributed by atoms with E-state index in [4.69, 9.17) is 5.73 Å². The van der Waals surface area contributed by atoms with E-state index in [0.717, 1.165) is 18.4 Å². The van der Waals surface area contributed by atoms with Crippen molar-refractivity contribution >= 4 is 17.6 Å². The molecule has 3 N–H and O–H groups in total. The molecule has 1 fully saturated rings. The van der Waals surface area contributed by atoms with Crippen molar-refractivity contribution in [2.24, 2.45) is 5.73 Å². The maximum atomic E-state index is 12.5. The van der Waals surface area contributed by atoms with Crippen LogP contribution in [0.3, 0.4) is 0 Å². The molecule has 2 aromatic rings. The Morgan fingerprint density at radius 1 is 1.17 bits per heavy atom. The lowest BCUT2D eigenvalue weighted by Crippen LogP contribution is -2.41. The number of aromatic nitrogens is 1. The van der Waals surface area contributed by atoms with Crippen LogP contribution in [0.25, 0.3) is 0 Å². The monoisotopic (exact) mass is 326 g/mol. The van der Waals surface area contributed by atoms with Gasteiger partial charge in [0, 0.05) is 42.8 Å². The van der Waals surface area contributed by atoms with Gasteiger partial charge in [-0.3, -0.25) is 4.79 Å². The Labute approximate surface area is 141 Å². The molecule has 1 aromatic heterocycles. The topological polar surface area (TPSA) is 80.4 Å². The van der Waals surface area contributed by atoms with Gasteiger partial charge in [-0.2, -0.15) is 0 Å². The molecule has 3 amide bonds. The predicted molar refractivity (Wildman–Crippen MR) is 93.0 cm³/mol. The van der Waals surface area contributed by atoms with E-state index in [1.807, 2.05) is 24.0 Å². The largest absolute Gasteiger partial charge is 0.366 e. The molecule has 0 bridgehead atoms. The highest BCUT2D eigenvalue weighted by molar-refractivity contribution is 5.96. The van der Waals surface area contributed by atoms with Crippen molar-refractivity contribution in [2.75, 3.05) is 18.4 Å². The van der Waals surface area contributed by atoms with Crippen molar-refractivity contribution in [1.82, 2.24) is 9.47 Å². The fraction of sp³-hybridized carbons (Fsp3) is 0.333. The number of piperidine rings is 1. The summed E-state index contributed by atoms with van der Waals surface area (Å²) in [6, 6.07) is 9.43. The summed E-state index contributed by atoms with van der Waals surface area (Å²) in [6.07, 6.45) is 6.00. The zero-order valence-electron chi connectivity index (χ0n) is 13.7. The number of hydrogen-bond donors (Lipinski definition) is 2. The smallest absolute Gasteiger partial charge is 0.321 e. The summed E-state index contributed by atoms with van der Waals surface area (Å²) >= 11 is 0. The lowest BCUT2D eigenvalue weighted by atomic mass is 10.1. The minimum absolute atomic E-state index is 0.134. The van der Waals surface area contributed by atoms with Crippen LogP contribution < -0.4 is 11.1 Å². The van der Waals surface area contributed by atoms with Gasteiger partial charge in [-0.1, -0.05) is 6.07 Å². The second-order valence-corrected chi connectivity index (χ2v) is 6.17. The number of likely N-dealkylation sites (tertiary alicyclic amines) is 1. The molecule has 1 saturated heterocycles. The third-order valence-corrected chi connectivity index (χ3v) is 4.56. The first-order valence-electron chi connectivity index (χ1n) is 8.13. The highest BCUT2D eigenvalue weighted by Crippen LogP contribution is 2.24. The highest BCUT2D eigenvalue weighted by Gasteiger charge is 2.23. The maximum Gasteiger partial charge on any atom is 0.321 e. The molecule has 6 nitrogen and oxygen atoms in total. The van der Waals surface area contributed by atoms with Crippen LogP contribution in [0, 0.1) is 6.92 Å². The Morgan fingerprint density at radius 3 is 2.46 bits per heavy atom. The van der Waals surface area contributed by atoms with E-state index in [0.29, 0.717) is 30.4 Å².